The molecule has 0 aromatic heterocycles. The van der Waals surface area contributed by atoms with Gasteiger partial charge in [-0.3, -0.25) is 28.9 Å². The lowest BCUT2D eigenvalue weighted by Gasteiger charge is -2.41. The number of nitrogen functional groups attached to an aromatic ring is 1. The number of rotatable bonds is 23. The van der Waals surface area contributed by atoms with Crippen molar-refractivity contribution in [2.24, 2.45) is 23.7 Å². The van der Waals surface area contributed by atoms with Gasteiger partial charge in [0.1, 0.15) is 12.1 Å². The average Bonchev–Trinajstić information content (AvgIpc) is 3.72. The zero-order valence-corrected chi connectivity index (χ0v) is 39.7. The molecule has 1 fully saturated rings. The quantitative estimate of drug-likeness (QED) is 0.135. The zero-order chi connectivity index (χ0) is 46.4. The highest BCUT2D eigenvalue weighted by molar-refractivity contribution is 5.91. The molecule has 0 saturated carbocycles. The molecule has 0 bridgehead atoms. The number of nitrogens with two attached hydrogens (primary N) is 1. The van der Waals surface area contributed by atoms with Crippen LogP contribution in [0.25, 0.3) is 0 Å². The molecule has 4 N–H and O–H groups in total. The van der Waals surface area contributed by atoms with Crippen LogP contribution in [0.3, 0.4) is 0 Å². The highest BCUT2D eigenvalue weighted by Gasteiger charge is 2.43. The molecular formula is C48H77N7O7. The highest BCUT2D eigenvalue weighted by atomic mass is 16.5. The SMILES string of the molecule is CC[C@H](C)[C@@H]([C@@H](CC(=O)N1CCC[C@H]1[C@H](OC)[C@@H](C)C(=O)N[C@@H](Cc1ccccc1)C(=O)N(C)Cc1ccc(N)cc1)OC)N(C)C(=O)[C@@H](NC(=O)[C@H](C(C)C)N(C)C)C(C)C. The Morgan fingerprint density at radius 2 is 1.44 bits per heavy atom. The van der Waals surface area contributed by atoms with Crippen molar-refractivity contribution < 1.29 is 33.4 Å². The summed E-state index contributed by atoms with van der Waals surface area (Å²) in [5.41, 5.74) is 8.32. The number of anilines is 1. The zero-order valence-electron chi connectivity index (χ0n) is 39.7. The molecule has 0 spiro atoms. The van der Waals surface area contributed by atoms with Crippen LogP contribution in [0.2, 0.25) is 0 Å². The third-order valence-corrected chi connectivity index (χ3v) is 12.6. The van der Waals surface area contributed by atoms with Gasteiger partial charge in [-0.05, 0) is 68.0 Å². The van der Waals surface area contributed by atoms with Crippen molar-refractivity contribution in [3.8, 4) is 0 Å². The van der Waals surface area contributed by atoms with Crippen molar-refractivity contribution in [3.63, 3.8) is 0 Å². The first-order chi connectivity index (χ1) is 29.3. The summed E-state index contributed by atoms with van der Waals surface area (Å²) < 4.78 is 12.1. The molecule has 0 aliphatic carbocycles. The molecule has 346 valence electrons. The van der Waals surface area contributed by atoms with Crippen molar-refractivity contribution in [1.82, 2.24) is 30.2 Å². The first-order valence-corrected chi connectivity index (χ1v) is 22.3. The van der Waals surface area contributed by atoms with Gasteiger partial charge in [0.25, 0.3) is 0 Å². The number of likely N-dealkylation sites (tertiary alicyclic amines) is 1. The lowest BCUT2D eigenvalue weighted by Crippen LogP contribution is -2.59. The minimum Gasteiger partial charge on any atom is -0.399 e. The predicted octanol–water partition coefficient (Wildman–Crippen LogP) is 4.60. The number of likely N-dealkylation sites (N-methyl/N-ethyl adjacent to an activating group) is 3. The number of carbonyl (C=O) groups is 5. The van der Waals surface area contributed by atoms with Gasteiger partial charge in [-0.15, -0.1) is 0 Å². The summed E-state index contributed by atoms with van der Waals surface area (Å²) in [6.07, 6.45) is 1.05. The van der Waals surface area contributed by atoms with Crippen LogP contribution in [-0.2, 0) is 46.4 Å². The minimum atomic E-state index is -0.849. The molecule has 1 aliphatic heterocycles. The van der Waals surface area contributed by atoms with Crippen molar-refractivity contribution in [2.45, 2.75) is 130 Å². The van der Waals surface area contributed by atoms with E-state index in [1.165, 1.54) is 0 Å². The van der Waals surface area contributed by atoms with Crippen LogP contribution in [0, 0.1) is 23.7 Å². The van der Waals surface area contributed by atoms with Crippen LogP contribution in [0.15, 0.2) is 54.6 Å². The molecule has 0 unspecified atom stereocenters. The molecular weight excluding hydrogens is 787 g/mol. The van der Waals surface area contributed by atoms with Crippen LogP contribution in [0.1, 0.15) is 85.3 Å². The Morgan fingerprint density at radius 1 is 0.806 bits per heavy atom. The number of hydrogen-bond acceptors (Lipinski definition) is 9. The van der Waals surface area contributed by atoms with E-state index in [4.69, 9.17) is 15.2 Å². The maximum absolute atomic E-state index is 14.4. The third-order valence-electron chi connectivity index (χ3n) is 12.6. The Balaban J connectivity index is 1.82. The van der Waals surface area contributed by atoms with Gasteiger partial charge in [0.2, 0.25) is 29.5 Å². The van der Waals surface area contributed by atoms with Crippen molar-refractivity contribution in [2.75, 3.05) is 54.7 Å². The monoisotopic (exact) mass is 864 g/mol. The summed E-state index contributed by atoms with van der Waals surface area (Å²) in [5, 5.41) is 6.09. The Morgan fingerprint density at radius 3 is 1.97 bits per heavy atom. The average molecular weight is 864 g/mol. The van der Waals surface area contributed by atoms with Crippen molar-refractivity contribution in [1.29, 1.82) is 0 Å². The molecule has 14 heteroatoms. The van der Waals surface area contributed by atoms with Gasteiger partial charge in [0, 0.05) is 53.5 Å². The lowest BCUT2D eigenvalue weighted by molar-refractivity contribution is -0.148. The van der Waals surface area contributed by atoms with Crippen LogP contribution in [0.5, 0.6) is 0 Å². The highest BCUT2D eigenvalue weighted by Crippen LogP contribution is 2.30. The van der Waals surface area contributed by atoms with Crippen LogP contribution < -0.4 is 16.4 Å². The smallest absolute Gasteiger partial charge is 0.245 e. The van der Waals surface area contributed by atoms with E-state index in [1.54, 1.807) is 62.1 Å². The fourth-order valence-electron chi connectivity index (χ4n) is 9.01. The van der Waals surface area contributed by atoms with Gasteiger partial charge in [0.15, 0.2) is 0 Å². The molecule has 0 radical (unpaired) electrons. The number of amides is 5. The number of ether oxygens (including phenoxy) is 2. The number of benzene rings is 2. The van der Waals surface area contributed by atoms with E-state index in [9.17, 15) is 24.0 Å². The van der Waals surface area contributed by atoms with Crippen molar-refractivity contribution >= 4 is 35.2 Å². The number of carbonyl (C=O) groups excluding carboxylic acids is 5. The lowest BCUT2D eigenvalue weighted by atomic mass is 9.89. The number of hydrogen-bond donors (Lipinski definition) is 3. The van der Waals surface area contributed by atoms with Gasteiger partial charge in [-0.25, -0.2) is 0 Å². The molecule has 1 heterocycles. The van der Waals surface area contributed by atoms with E-state index in [0.717, 1.165) is 24.0 Å². The predicted molar refractivity (Wildman–Crippen MR) is 245 cm³/mol. The second-order valence-corrected chi connectivity index (χ2v) is 18.2. The third kappa shape index (κ3) is 13.7. The number of nitrogens with one attached hydrogen (secondary N) is 2. The number of methoxy groups -OCH3 is 2. The number of nitrogens with zero attached hydrogens (tertiary/aromatic N) is 4. The van der Waals surface area contributed by atoms with Crippen LogP contribution >= 0.6 is 0 Å². The summed E-state index contributed by atoms with van der Waals surface area (Å²) in [6, 6.07) is 14.0. The molecule has 62 heavy (non-hydrogen) atoms. The van der Waals surface area contributed by atoms with E-state index >= 15 is 0 Å². The molecule has 1 saturated heterocycles. The summed E-state index contributed by atoms with van der Waals surface area (Å²) >= 11 is 0. The summed E-state index contributed by atoms with van der Waals surface area (Å²) in [4.78, 5) is 77.3. The van der Waals surface area contributed by atoms with Gasteiger partial charge >= 0.3 is 0 Å². The summed E-state index contributed by atoms with van der Waals surface area (Å²) in [5.74, 6) is -2.12. The molecule has 1 aliphatic rings. The summed E-state index contributed by atoms with van der Waals surface area (Å²) in [7, 11) is 10.3. The molecule has 14 nitrogen and oxygen atoms in total. The first-order valence-electron chi connectivity index (χ1n) is 22.3. The van der Waals surface area contributed by atoms with Gasteiger partial charge in [0.05, 0.1) is 42.7 Å². The van der Waals surface area contributed by atoms with Crippen LogP contribution in [-0.4, -0.2) is 141 Å². The fraction of sp³-hybridized carbons (Fsp3) is 0.646. The standard InChI is InChI=1S/C48H77N7O7/c1-14-32(6)43(54(11)48(60)41(30(2)3)51-46(58)42(31(4)5)52(8)9)39(61-12)28-40(56)55-26-18-21-38(55)44(62-13)33(7)45(57)50-37(27-34-19-16-15-17-20-34)47(59)53(10)29-35-22-24-36(49)25-23-35/h15-17,19-20,22-25,30-33,37-39,41-44H,14,18,21,26-29,49H2,1-13H3,(H,50,57)(H,51,58)/t32-,33+,37-,38-,39+,41-,42-,43-,44+/m0/s1. The van der Waals surface area contributed by atoms with E-state index in [0.29, 0.717) is 31.6 Å². The minimum absolute atomic E-state index is 0.000606. The normalized spacial score (nSPS) is 18.1. The van der Waals surface area contributed by atoms with E-state index in [2.05, 4.69) is 10.6 Å². The van der Waals surface area contributed by atoms with Gasteiger partial charge in [-0.1, -0.05) is 97.4 Å². The second kappa shape index (κ2) is 24.4. The molecule has 5 amide bonds. The first kappa shape index (κ1) is 51.8. The van der Waals surface area contributed by atoms with Crippen molar-refractivity contribution in [3.05, 3.63) is 65.7 Å². The molecule has 2 aromatic carbocycles. The molecule has 2 aromatic rings. The van der Waals surface area contributed by atoms with E-state index in [1.807, 2.05) is 103 Å². The Kier molecular flexibility index (Phi) is 20.4. The van der Waals surface area contributed by atoms with Gasteiger partial charge in [-0.2, -0.15) is 0 Å². The molecule has 3 rings (SSSR count). The second-order valence-electron chi connectivity index (χ2n) is 18.2. The molecule has 9 atom stereocenters. The summed E-state index contributed by atoms with van der Waals surface area (Å²) in [6.45, 7) is 14.5. The fourth-order valence-corrected chi connectivity index (χ4v) is 9.01. The Hall–Kier alpha value is -4.53. The van der Waals surface area contributed by atoms with E-state index in [-0.39, 0.29) is 53.7 Å². The Labute approximate surface area is 371 Å². The Bertz CT molecular complexity index is 1730. The van der Waals surface area contributed by atoms with Gasteiger partial charge < -0.3 is 40.5 Å². The maximum atomic E-state index is 14.4. The topological polar surface area (TPSA) is 167 Å². The van der Waals surface area contributed by atoms with Crippen LogP contribution in [0.4, 0.5) is 5.69 Å². The van der Waals surface area contributed by atoms with E-state index < -0.39 is 48.3 Å². The maximum Gasteiger partial charge on any atom is 0.245 e. The largest absolute Gasteiger partial charge is 0.399 e.